The summed E-state index contributed by atoms with van der Waals surface area (Å²) in [6.07, 6.45) is 1.31. The summed E-state index contributed by atoms with van der Waals surface area (Å²) < 4.78 is 11.9. The number of hydrogen-bond donors (Lipinski definition) is 0. The lowest BCUT2D eigenvalue weighted by Gasteiger charge is -2.45. The zero-order chi connectivity index (χ0) is 16.0. The molecule has 0 spiro atoms. The highest BCUT2D eigenvalue weighted by Crippen LogP contribution is 2.60. The van der Waals surface area contributed by atoms with Gasteiger partial charge in [-0.15, -0.1) is 7.02 Å². The Hall–Kier alpha value is 1.00. The summed E-state index contributed by atoms with van der Waals surface area (Å²) >= 11 is 0. The molecule has 2 nitrogen and oxygen atoms in total. The Kier molecular flexibility index (Phi) is 9.67. The Balaban J connectivity index is 5.08. The maximum Gasteiger partial charge on any atom is 0.322 e. The molecule has 0 aliphatic carbocycles. The van der Waals surface area contributed by atoms with E-state index in [1.807, 2.05) is 0 Å². The van der Waals surface area contributed by atoms with Crippen molar-refractivity contribution in [3.05, 3.63) is 0 Å². The molecule has 6 heteroatoms. The fourth-order valence-corrected chi connectivity index (χ4v) is 44.9. The van der Waals surface area contributed by atoms with Crippen LogP contribution in [0.2, 0.25) is 45.3 Å². The SMILES string of the molecule is CCO[SiH](CC(CC)P([Si](C)(C)C)[Si](C)(C)C)OCC. The van der Waals surface area contributed by atoms with Crippen molar-refractivity contribution in [3.63, 3.8) is 0 Å². The van der Waals surface area contributed by atoms with Crippen LogP contribution in [0.4, 0.5) is 0 Å². The van der Waals surface area contributed by atoms with Gasteiger partial charge in [0, 0.05) is 13.2 Å². The van der Waals surface area contributed by atoms with Crippen molar-refractivity contribution < 1.29 is 8.85 Å². The van der Waals surface area contributed by atoms with E-state index in [9.17, 15) is 0 Å². The Morgan fingerprint density at radius 3 is 1.50 bits per heavy atom. The second-order valence-electron chi connectivity index (χ2n) is 7.35. The van der Waals surface area contributed by atoms with Gasteiger partial charge in [-0.2, -0.15) is 0 Å². The largest absolute Gasteiger partial charge is 0.397 e. The molecule has 0 aliphatic rings. The highest BCUT2D eigenvalue weighted by atomic mass is 31.6. The summed E-state index contributed by atoms with van der Waals surface area (Å²) in [4.78, 5) is 0. The van der Waals surface area contributed by atoms with Crippen molar-refractivity contribution in [1.29, 1.82) is 0 Å². The van der Waals surface area contributed by atoms with Crippen molar-refractivity contribution in [2.45, 2.75) is 78.2 Å². The van der Waals surface area contributed by atoms with E-state index in [2.05, 4.69) is 60.1 Å². The lowest BCUT2D eigenvalue weighted by molar-refractivity contribution is 0.213. The highest BCUT2D eigenvalue weighted by molar-refractivity contribution is 8.18. The molecule has 0 radical (unpaired) electrons. The minimum Gasteiger partial charge on any atom is -0.397 e. The predicted octanol–water partition coefficient (Wildman–Crippen LogP) is 5.21. The Labute approximate surface area is 132 Å². The summed E-state index contributed by atoms with van der Waals surface area (Å²) in [6, 6.07) is 1.23. The summed E-state index contributed by atoms with van der Waals surface area (Å²) in [5.41, 5.74) is 0.873. The predicted molar refractivity (Wildman–Crippen MR) is 103 cm³/mol. The van der Waals surface area contributed by atoms with Gasteiger partial charge in [-0.3, -0.25) is 0 Å². The monoisotopic (exact) mass is 352 g/mol. The van der Waals surface area contributed by atoms with Crippen LogP contribution in [0.25, 0.3) is 0 Å². The van der Waals surface area contributed by atoms with E-state index in [-0.39, 0.29) is 7.02 Å². The van der Waals surface area contributed by atoms with Crippen molar-refractivity contribution in [2.75, 3.05) is 13.2 Å². The van der Waals surface area contributed by atoms with E-state index in [4.69, 9.17) is 8.85 Å². The van der Waals surface area contributed by atoms with Gasteiger partial charge < -0.3 is 8.85 Å². The maximum absolute atomic E-state index is 5.95. The van der Waals surface area contributed by atoms with Gasteiger partial charge >= 0.3 is 9.28 Å². The van der Waals surface area contributed by atoms with Gasteiger partial charge in [0.2, 0.25) is 0 Å². The van der Waals surface area contributed by atoms with Gasteiger partial charge in [-0.05, 0) is 25.6 Å². The molecule has 1 atom stereocenters. The van der Waals surface area contributed by atoms with E-state index in [0.717, 1.165) is 18.9 Å². The van der Waals surface area contributed by atoms with Gasteiger partial charge in [-0.25, -0.2) is 0 Å². The molecular weight excluding hydrogens is 315 g/mol. The minimum atomic E-state index is -1.45. The maximum atomic E-state index is 5.95. The number of hydrogen-bond acceptors (Lipinski definition) is 2. The molecule has 0 aliphatic heterocycles. The van der Waals surface area contributed by atoms with Gasteiger partial charge in [-0.1, -0.05) is 52.6 Å². The zero-order valence-corrected chi connectivity index (χ0v) is 19.3. The molecule has 0 heterocycles. The highest BCUT2D eigenvalue weighted by Gasteiger charge is 2.42. The normalized spacial score (nSPS) is 15.2. The fraction of sp³-hybridized carbons (Fsp3) is 1.00. The lowest BCUT2D eigenvalue weighted by Crippen LogP contribution is -2.39. The molecule has 0 aromatic rings. The lowest BCUT2D eigenvalue weighted by atomic mass is 10.4. The first-order chi connectivity index (χ1) is 9.07. The van der Waals surface area contributed by atoms with Crippen LogP contribution in [-0.4, -0.2) is 43.6 Å². The minimum absolute atomic E-state index is 0.192. The van der Waals surface area contributed by atoms with Crippen LogP contribution in [0.1, 0.15) is 27.2 Å². The van der Waals surface area contributed by atoms with E-state index in [1.54, 1.807) is 0 Å². The van der Waals surface area contributed by atoms with E-state index in [1.165, 1.54) is 12.5 Å². The van der Waals surface area contributed by atoms with Crippen molar-refractivity contribution >= 4 is 31.8 Å². The molecular formula is C14H37O2PSi3. The smallest absolute Gasteiger partial charge is 0.322 e. The first-order valence-electron chi connectivity index (χ1n) is 8.10. The van der Waals surface area contributed by atoms with Crippen molar-refractivity contribution in [1.82, 2.24) is 0 Å². The van der Waals surface area contributed by atoms with Gasteiger partial charge in [0.25, 0.3) is 0 Å². The van der Waals surface area contributed by atoms with Crippen LogP contribution >= 0.6 is 7.02 Å². The van der Waals surface area contributed by atoms with Crippen LogP contribution in [0, 0.1) is 0 Å². The van der Waals surface area contributed by atoms with E-state index < -0.39 is 24.8 Å². The van der Waals surface area contributed by atoms with Crippen LogP contribution in [0.3, 0.4) is 0 Å². The van der Waals surface area contributed by atoms with E-state index >= 15 is 0 Å². The van der Waals surface area contributed by atoms with Crippen molar-refractivity contribution in [2.24, 2.45) is 0 Å². The number of rotatable bonds is 10. The van der Waals surface area contributed by atoms with Gasteiger partial charge in [0.05, 0.1) is 15.5 Å². The molecule has 1 unspecified atom stereocenters. The molecule has 0 N–H and O–H groups in total. The van der Waals surface area contributed by atoms with Crippen LogP contribution in [0.15, 0.2) is 0 Å². The van der Waals surface area contributed by atoms with Gasteiger partial charge in [0.1, 0.15) is 0 Å². The first-order valence-corrected chi connectivity index (χ1v) is 20.0. The van der Waals surface area contributed by atoms with Crippen LogP contribution < -0.4 is 0 Å². The molecule has 0 aromatic carbocycles. The van der Waals surface area contributed by atoms with Crippen LogP contribution in [-0.2, 0) is 8.85 Å². The summed E-state index contributed by atoms with van der Waals surface area (Å²) in [5, 5.41) is 0. The fourth-order valence-electron chi connectivity index (χ4n) is 3.33. The van der Waals surface area contributed by atoms with Gasteiger partial charge in [0.15, 0.2) is 0 Å². The zero-order valence-electron chi connectivity index (χ0n) is 15.2. The molecule has 0 bridgehead atoms. The Bertz CT molecular complexity index is 244. The molecule has 0 saturated carbocycles. The molecule has 122 valence electrons. The average Bonchev–Trinajstić information content (AvgIpc) is 2.24. The summed E-state index contributed by atoms with van der Waals surface area (Å²) in [6.45, 7) is 23.7. The second-order valence-corrected chi connectivity index (χ2v) is 31.8. The Morgan fingerprint density at radius 2 is 1.25 bits per heavy atom. The quantitative estimate of drug-likeness (QED) is 0.397. The molecule has 0 rings (SSSR count). The third-order valence-electron chi connectivity index (χ3n) is 3.45. The van der Waals surface area contributed by atoms with Crippen LogP contribution in [0.5, 0.6) is 0 Å². The third kappa shape index (κ3) is 7.32. The summed E-state index contributed by atoms with van der Waals surface area (Å²) in [5.74, 6) is 0. The molecule has 0 amide bonds. The van der Waals surface area contributed by atoms with E-state index in [0.29, 0.717) is 0 Å². The molecule has 20 heavy (non-hydrogen) atoms. The molecule has 0 saturated heterocycles. The second kappa shape index (κ2) is 9.21. The standard InChI is InChI=1S/C14H37O2PSi3/c1-10-14(13-18(15-11-2)16-12-3)17(19(4,5)6)20(7,8)9/h14,18H,10-13H2,1-9H3. The Morgan fingerprint density at radius 1 is 0.850 bits per heavy atom. The molecule has 0 aromatic heterocycles. The average molecular weight is 353 g/mol. The first kappa shape index (κ1) is 21.0. The van der Waals surface area contributed by atoms with Crippen molar-refractivity contribution in [3.8, 4) is 0 Å². The third-order valence-corrected chi connectivity index (χ3v) is 33.3. The molecule has 0 fully saturated rings. The summed E-state index contributed by atoms with van der Waals surface area (Å²) in [7, 11) is -3.42. The topological polar surface area (TPSA) is 18.5 Å².